The lowest BCUT2D eigenvalue weighted by atomic mass is 10.0. The highest BCUT2D eigenvalue weighted by Crippen LogP contribution is 2.24. The molecular weight excluding hydrogens is 284 g/mol. The first kappa shape index (κ1) is 14.9. The Morgan fingerprint density at radius 1 is 0.652 bits per heavy atom. The van der Waals surface area contributed by atoms with E-state index in [1.54, 1.807) is 6.92 Å². The minimum atomic E-state index is 0.0771. The number of azo groups is 1. The van der Waals surface area contributed by atoms with Gasteiger partial charge in [0.1, 0.15) is 0 Å². The number of hydrogen-bond donors (Lipinski definition) is 0. The largest absolute Gasteiger partial charge is 0.295 e. The second-order valence-electron chi connectivity index (χ2n) is 5.22. The zero-order chi connectivity index (χ0) is 16.1. The third-order valence-electron chi connectivity index (χ3n) is 3.53. The van der Waals surface area contributed by atoms with Crippen molar-refractivity contribution in [1.82, 2.24) is 0 Å². The fourth-order valence-electron chi connectivity index (χ4n) is 2.23. The molecule has 23 heavy (non-hydrogen) atoms. The molecule has 112 valence electrons. The molecule has 0 fully saturated rings. The standard InChI is InChI=1S/C20H16N2O/c1-15(23)16-7-9-17(10-8-16)18-11-13-20(14-12-18)22-21-19-5-3-2-4-6-19/h2-14H,1H3. The molecule has 0 unspecified atom stereocenters. The van der Waals surface area contributed by atoms with Crippen LogP contribution in [-0.4, -0.2) is 5.78 Å². The number of hydrogen-bond acceptors (Lipinski definition) is 3. The summed E-state index contributed by atoms with van der Waals surface area (Å²) in [5.41, 5.74) is 4.51. The number of nitrogens with zero attached hydrogens (tertiary/aromatic N) is 2. The van der Waals surface area contributed by atoms with Gasteiger partial charge in [-0.05, 0) is 42.3 Å². The van der Waals surface area contributed by atoms with Gasteiger partial charge in [-0.15, -0.1) is 0 Å². The molecule has 0 N–H and O–H groups in total. The highest BCUT2D eigenvalue weighted by atomic mass is 16.1. The second kappa shape index (κ2) is 6.79. The van der Waals surface area contributed by atoms with Gasteiger partial charge < -0.3 is 0 Å². The van der Waals surface area contributed by atoms with Gasteiger partial charge in [-0.2, -0.15) is 10.2 Å². The first-order valence-corrected chi connectivity index (χ1v) is 7.40. The van der Waals surface area contributed by atoms with Crippen molar-refractivity contribution in [1.29, 1.82) is 0 Å². The van der Waals surface area contributed by atoms with Gasteiger partial charge in [0.25, 0.3) is 0 Å². The number of Topliss-reactive ketones (excluding diaryl/α,β-unsaturated/α-hetero) is 1. The summed E-state index contributed by atoms with van der Waals surface area (Å²) in [6, 6.07) is 25.1. The van der Waals surface area contributed by atoms with E-state index in [1.807, 2.05) is 78.9 Å². The van der Waals surface area contributed by atoms with E-state index in [4.69, 9.17) is 0 Å². The van der Waals surface area contributed by atoms with Crippen LogP contribution in [0, 0.1) is 0 Å². The maximum atomic E-state index is 11.3. The summed E-state index contributed by atoms with van der Waals surface area (Å²) in [7, 11) is 0. The molecular formula is C20H16N2O. The van der Waals surface area contributed by atoms with Crippen LogP contribution in [0.3, 0.4) is 0 Å². The molecule has 0 saturated carbocycles. The Balaban J connectivity index is 1.76. The molecule has 0 aliphatic rings. The van der Waals surface area contributed by atoms with Gasteiger partial charge in [-0.25, -0.2) is 0 Å². The molecule has 0 amide bonds. The molecule has 3 aromatic carbocycles. The Labute approximate surface area is 135 Å². The molecule has 3 heteroatoms. The molecule has 3 aromatic rings. The van der Waals surface area contributed by atoms with Gasteiger partial charge in [0.2, 0.25) is 0 Å². The van der Waals surface area contributed by atoms with E-state index in [1.165, 1.54) is 0 Å². The lowest BCUT2D eigenvalue weighted by Gasteiger charge is -2.03. The summed E-state index contributed by atoms with van der Waals surface area (Å²) < 4.78 is 0. The summed E-state index contributed by atoms with van der Waals surface area (Å²) in [5, 5.41) is 8.43. The van der Waals surface area contributed by atoms with E-state index in [9.17, 15) is 4.79 Å². The summed E-state index contributed by atoms with van der Waals surface area (Å²) in [6.45, 7) is 1.57. The molecule has 0 spiro atoms. The quantitative estimate of drug-likeness (QED) is 0.432. The Bertz CT molecular complexity index is 820. The zero-order valence-electron chi connectivity index (χ0n) is 12.8. The van der Waals surface area contributed by atoms with E-state index < -0.39 is 0 Å². The van der Waals surface area contributed by atoms with Crippen LogP contribution in [0.15, 0.2) is 89.1 Å². The van der Waals surface area contributed by atoms with Crippen LogP contribution in [0.5, 0.6) is 0 Å². The van der Waals surface area contributed by atoms with Gasteiger partial charge in [0.05, 0.1) is 11.4 Å². The molecule has 3 nitrogen and oxygen atoms in total. The van der Waals surface area contributed by atoms with Crippen molar-refractivity contribution in [3.05, 3.63) is 84.4 Å². The Morgan fingerprint density at radius 2 is 1.13 bits per heavy atom. The Kier molecular flexibility index (Phi) is 4.39. The van der Waals surface area contributed by atoms with Crippen LogP contribution in [0.2, 0.25) is 0 Å². The Hall–Kier alpha value is -3.07. The van der Waals surface area contributed by atoms with Gasteiger partial charge in [-0.3, -0.25) is 4.79 Å². The van der Waals surface area contributed by atoms with Crippen LogP contribution < -0.4 is 0 Å². The average molecular weight is 300 g/mol. The topological polar surface area (TPSA) is 41.8 Å². The highest BCUT2D eigenvalue weighted by Gasteiger charge is 2.01. The van der Waals surface area contributed by atoms with Crippen LogP contribution in [-0.2, 0) is 0 Å². The molecule has 0 bridgehead atoms. The molecule has 0 aliphatic carbocycles. The van der Waals surface area contributed by atoms with Crippen molar-refractivity contribution in [2.24, 2.45) is 10.2 Å². The van der Waals surface area contributed by atoms with E-state index in [0.717, 1.165) is 28.1 Å². The third kappa shape index (κ3) is 3.77. The van der Waals surface area contributed by atoms with Crippen molar-refractivity contribution in [3.8, 4) is 11.1 Å². The minimum absolute atomic E-state index is 0.0771. The lowest BCUT2D eigenvalue weighted by molar-refractivity contribution is 0.101. The summed E-state index contributed by atoms with van der Waals surface area (Å²) in [5.74, 6) is 0.0771. The lowest BCUT2D eigenvalue weighted by Crippen LogP contribution is -1.90. The van der Waals surface area contributed by atoms with Crippen LogP contribution in [0.4, 0.5) is 11.4 Å². The highest BCUT2D eigenvalue weighted by molar-refractivity contribution is 5.94. The predicted molar refractivity (Wildman–Crippen MR) is 92.5 cm³/mol. The average Bonchev–Trinajstić information content (AvgIpc) is 2.61. The number of benzene rings is 3. The summed E-state index contributed by atoms with van der Waals surface area (Å²) in [4.78, 5) is 11.3. The minimum Gasteiger partial charge on any atom is -0.295 e. The van der Waals surface area contributed by atoms with E-state index in [0.29, 0.717) is 0 Å². The van der Waals surface area contributed by atoms with Crippen molar-refractivity contribution in [2.75, 3.05) is 0 Å². The number of carbonyl (C=O) groups excluding carboxylic acids is 1. The number of ketones is 1. The Morgan fingerprint density at radius 3 is 1.65 bits per heavy atom. The molecule has 0 aliphatic heterocycles. The van der Waals surface area contributed by atoms with Crippen molar-refractivity contribution >= 4 is 17.2 Å². The molecule has 0 aromatic heterocycles. The first-order chi connectivity index (χ1) is 11.2. The van der Waals surface area contributed by atoms with Gasteiger partial charge in [-0.1, -0.05) is 54.6 Å². The number of carbonyl (C=O) groups is 1. The van der Waals surface area contributed by atoms with E-state index in [-0.39, 0.29) is 5.78 Å². The van der Waals surface area contributed by atoms with Crippen LogP contribution in [0.1, 0.15) is 17.3 Å². The van der Waals surface area contributed by atoms with Gasteiger partial charge in [0.15, 0.2) is 5.78 Å². The van der Waals surface area contributed by atoms with Gasteiger partial charge in [0, 0.05) is 5.56 Å². The fraction of sp³-hybridized carbons (Fsp3) is 0.0500. The van der Waals surface area contributed by atoms with Gasteiger partial charge >= 0.3 is 0 Å². The van der Waals surface area contributed by atoms with Crippen molar-refractivity contribution in [3.63, 3.8) is 0 Å². The molecule has 0 atom stereocenters. The van der Waals surface area contributed by atoms with Crippen LogP contribution in [0.25, 0.3) is 11.1 Å². The van der Waals surface area contributed by atoms with Crippen LogP contribution >= 0.6 is 0 Å². The van der Waals surface area contributed by atoms with Crippen molar-refractivity contribution < 1.29 is 4.79 Å². The SMILES string of the molecule is CC(=O)c1ccc(-c2ccc(N=Nc3ccccc3)cc2)cc1. The molecule has 3 rings (SSSR count). The second-order valence-corrected chi connectivity index (χ2v) is 5.22. The summed E-state index contributed by atoms with van der Waals surface area (Å²) >= 11 is 0. The molecule has 0 heterocycles. The van der Waals surface area contributed by atoms with E-state index >= 15 is 0 Å². The zero-order valence-corrected chi connectivity index (χ0v) is 12.8. The summed E-state index contributed by atoms with van der Waals surface area (Å²) in [6.07, 6.45) is 0. The monoisotopic (exact) mass is 300 g/mol. The maximum absolute atomic E-state index is 11.3. The smallest absolute Gasteiger partial charge is 0.159 e. The van der Waals surface area contributed by atoms with Crippen molar-refractivity contribution in [2.45, 2.75) is 6.92 Å². The maximum Gasteiger partial charge on any atom is 0.159 e. The number of rotatable bonds is 4. The predicted octanol–water partition coefficient (Wildman–Crippen LogP) is 5.97. The molecule has 0 radical (unpaired) electrons. The van der Waals surface area contributed by atoms with E-state index in [2.05, 4.69) is 10.2 Å². The third-order valence-corrected chi connectivity index (χ3v) is 3.53. The fourth-order valence-corrected chi connectivity index (χ4v) is 2.23. The first-order valence-electron chi connectivity index (χ1n) is 7.40. The normalized spacial score (nSPS) is 10.8. The molecule has 0 saturated heterocycles.